The molecule has 3 heterocycles. The molecule has 2 atom stereocenters. The van der Waals surface area contributed by atoms with Crippen LogP contribution in [0.15, 0.2) is 18.2 Å². The normalized spacial score (nSPS) is 21.4. The van der Waals surface area contributed by atoms with E-state index in [4.69, 9.17) is 9.72 Å². The highest BCUT2D eigenvalue weighted by molar-refractivity contribution is 5.90. The third-order valence-corrected chi connectivity index (χ3v) is 5.78. The summed E-state index contributed by atoms with van der Waals surface area (Å²) in [4.78, 5) is 26.6. The van der Waals surface area contributed by atoms with Crippen molar-refractivity contribution in [3.05, 3.63) is 46.4 Å². The van der Waals surface area contributed by atoms with Crippen LogP contribution in [0.25, 0.3) is 0 Å². The highest BCUT2D eigenvalue weighted by atomic mass is 16.5. The number of nitrogens with one attached hydrogen (secondary N) is 1. The summed E-state index contributed by atoms with van der Waals surface area (Å²) in [6, 6.07) is 5.98. The van der Waals surface area contributed by atoms with Crippen LogP contribution in [0.5, 0.6) is 0 Å². The van der Waals surface area contributed by atoms with Gasteiger partial charge >= 0.3 is 6.03 Å². The molecule has 1 fully saturated rings. The van der Waals surface area contributed by atoms with Crippen LogP contribution in [0.3, 0.4) is 0 Å². The number of hydrogen-bond acceptors (Lipinski definition) is 5. The van der Waals surface area contributed by atoms with Gasteiger partial charge in [0.1, 0.15) is 11.6 Å². The summed E-state index contributed by atoms with van der Waals surface area (Å²) in [5.41, 5.74) is 5.22. The number of fused-ring (bicyclic) bond motifs is 1. The fourth-order valence-corrected chi connectivity index (χ4v) is 4.45. The van der Waals surface area contributed by atoms with E-state index in [-0.39, 0.29) is 18.2 Å². The molecule has 4 rings (SSSR count). The van der Waals surface area contributed by atoms with Gasteiger partial charge in [0, 0.05) is 37.3 Å². The Morgan fingerprint density at radius 1 is 1.13 bits per heavy atom. The summed E-state index contributed by atoms with van der Waals surface area (Å²) in [6.45, 7) is 12.9. The van der Waals surface area contributed by atoms with Gasteiger partial charge in [-0.3, -0.25) is 0 Å². The Bertz CT molecular complexity index is 951. The number of ether oxygens (including phenoxy) is 1. The van der Waals surface area contributed by atoms with Crippen LogP contribution in [0.1, 0.15) is 42.1 Å². The lowest BCUT2D eigenvalue weighted by Crippen LogP contribution is -2.47. The van der Waals surface area contributed by atoms with Crippen molar-refractivity contribution < 1.29 is 9.53 Å². The van der Waals surface area contributed by atoms with E-state index in [0.717, 1.165) is 53.7 Å². The topological polar surface area (TPSA) is 70.6 Å². The molecule has 1 aromatic heterocycles. The summed E-state index contributed by atoms with van der Waals surface area (Å²) in [7, 11) is 0. The van der Waals surface area contributed by atoms with Crippen LogP contribution in [-0.4, -0.2) is 52.7 Å². The minimum atomic E-state index is -0.0807. The molecule has 1 N–H and O–H groups in total. The molecule has 2 aliphatic rings. The molecule has 0 saturated carbocycles. The second-order valence-corrected chi connectivity index (χ2v) is 8.60. The molecule has 1 aromatic carbocycles. The fraction of sp³-hybridized carbons (Fsp3) is 0.522. The smallest absolute Gasteiger partial charge is 0.322 e. The van der Waals surface area contributed by atoms with Crippen molar-refractivity contribution in [1.82, 2.24) is 14.9 Å². The number of benzene rings is 1. The van der Waals surface area contributed by atoms with Crippen molar-refractivity contribution in [1.29, 1.82) is 0 Å². The third-order valence-electron chi connectivity index (χ3n) is 5.78. The molecule has 7 heteroatoms. The molecule has 160 valence electrons. The maximum Gasteiger partial charge on any atom is 0.322 e. The van der Waals surface area contributed by atoms with Crippen LogP contribution in [-0.2, 0) is 17.7 Å². The van der Waals surface area contributed by atoms with Gasteiger partial charge in [0.05, 0.1) is 24.4 Å². The Morgan fingerprint density at radius 2 is 1.87 bits per heavy atom. The van der Waals surface area contributed by atoms with Gasteiger partial charge in [0.2, 0.25) is 0 Å². The first kappa shape index (κ1) is 20.6. The molecule has 0 aliphatic carbocycles. The van der Waals surface area contributed by atoms with Gasteiger partial charge in [-0.25, -0.2) is 14.8 Å². The van der Waals surface area contributed by atoms with Gasteiger partial charge in [-0.2, -0.15) is 0 Å². The molecule has 2 aliphatic heterocycles. The number of hydrogen-bond donors (Lipinski definition) is 1. The zero-order chi connectivity index (χ0) is 21.4. The van der Waals surface area contributed by atoms with E-state index >= 15 is 0 Å². The number of carbonyl (C=O) groups excluding carboxylic acids is 1. The molecule has 2 aromatic rings. The second-order valence-electron chi connectivity index (χ2n) is 8.60. The molecular weight excluding hydrogens is 378 g/mol. The van der Waals surface area contributed by atoms with Crippen LogP contribution >= 0.6 is 0 Å². The first-order valence-electron chi connectivity index (χ1n) is 10.7. The largest absolute Gasteiger partial charge is 0.372 e. The van der Waals surface area contributed by atoms with Gasteiger partial charge in [-0.05, 0) is 46.2 Å². The average Bonchev–Trinajstić information content (AvgIpc) is 2.68. The first-order valence-corrected chi connectivity index (χ1v) is 10.7. The van der Waals surface area contributed by atoms with Gasteiger partial charge in [0.15, 0.2) is 0 Å². The Labute approximate surface area is 178 Å². The van der Waals surface area contributed by atoms with Crippen LogP contribution in [0.4, 0.5) is 16.3 Å². The standard InChI is InChI=1S/C23H31N5O2/c1-14-6-7-20(15(2)10-14)26-23(29)27-9-8-21-19(13-27)22(25-18(5)24-21)28-11-16(3)30-17(4)12-28/h6-7,10,16-17H,8-9,11-13H2,1-5H3,(H,26,29)/t16-,17+. The third kappa shape index (κ3) is 4.26. The summed E-state index contributed by atoms with van der Waals surface area (Å²) in [6.07, 6.45) is 1.03. The zero-order valence-electron chi connectivity index (χ0n) is 18.5. The SMILES string of the molecule is Cc1ccc(NC(=O)N2CCc3nc(C)nc(N4C[C@@H](C)O[C@@H](C)C4)c3C2)c(C)c1. The highest BCUT2D eigenvalue weighted by Crippen LogP contribution is 2.29. The van der Waals surface area contributed by atoms with Crippen molar-refractivity contribution in [3.8, 4) is 0 Å². The second kappa shape index (κ2) is 8.22. The van der Waals surface area contributed by atoms with E-state index < -0.39 is 0 Å². The number of rotatable bonds is 2. The van der Waals surface area contributed by atoms with E-state index in [1.807, 2.05) is 30.9 Å². The van der Waals surface area contributed by atoms with E-state index in [1.54, 1.807) is 0 Å². The van der Waals surface area contributed by atoms with Crippen LogP contribution in [0.2, 0.25) is 0 Å². The Hall–Kier alpha value is -2.67. The quantitative estimate of drug-likeness (QED) is 0.821. The van der Waals surface area contributed by atoms with Gasteiger partial charge in [0.25, 0.3) is 0 Å². The molecule has 2 amide bonds. The van der Waals surface area contributed by atoms with Crippen LogP contribution in [0, 0.1) is 20.8 Å². The number of amides is 2. The van der Waals surface area contributed by atoms with Gasteiger partial charge in [-0.15, -0.1) is 0 Å². The Kier molecular flexibility index (Phi) is 5.64. The molecule has 0 radical (unpaired) electrons. The number of nitrogens with zero attached hydrogens (tertiary/aromatic N) is 4. The van der Waals surface area contributed by atoms with E-state index in [9.17, 15) is 4.79 Å². The van der Waals surface area contributed by atoms with E-state index in [0.29, 0.717) is 13.1 Å². The monoisotopic (exact) mass is 409 g/mol. The Morgan fingerprint density at radius 3 is 2.57 bits per heavy atom. The summed E-state index contributed by atoms with van der Waals surface area (Å²) < 4.78 is 5.90. The molecule has 1 saturated heterocycles. The Balaban J connectivity index is 1.57. The average molecular weight is 410 g/mol. The van der Waals surface area contributed by atoms with Crippen molar-refractivity contribution in [2.75, 3.05) is 29.9 Å². The summed E-state index contributed by atoms with van der Waals surface area (Å²) in [5.74, 6) is 1.73. The molecule has 0 unspecified atom stereocenters. The summed E-state index contributed by atoms with van der Waals surface area (Å²) >= 11 is 0. The molecule has 30 heavy (non-hydrogen) atoms. The number of carbonyl (C=O) groups is 1. The minimum absolute atomic E-state index is 0.0807. The number of aromatic nitrogens is 2. The van der Waals surface area contributed by atoms with E-state index in [1.165, 1.54) is 5.56 Å². The lowest BCUT2D eigenvalue weighted by atomic mass is 10.0. The van der Waals surface area contributed by atoms with E-state index in [2.05, 4.69) is 42.0 Å². The number of aryl methyl sites for hydroxylation is 3. The maximum atomic E-state index is 13.0. The number of anilines is 2. The lowest BCUT2D eigenvalue weighted by molar-refractivity contribution is -0.00557. The number of morpholine rings is 1. The predicted molar refractivity (Wildman–Crippen MR) is 118 cm³/mol. The van der Waals surface area contributed by atoms with Crippen molar-refractivity contribution >= 4 is 17.5 Å². The molecule has 0 spiro atoms. The first-order chi connectivity index (χ1) is 14.3. The molecule has 0 bridgehead atoms. The van der Waals surface area contributed by atoms with Crippen molar-refractivity contribution in [2.24, 2.45) is 0 Å². The predicted octanol–water partition coefficient (Wildman–Crippen LogP) is 3.61. The summed E-state index contributed by atoms with van der Waals surface area (Å²) in [5, 5.41) is 3.08. The number of urea groups is 1. The zero-order valence-corrected chi connectivity index (χ0v) is 18.5. The fourth-order valence-electron chi connectivity index (χ4n) is 4.45. The van der Waals surface area contributed by atoms with Crippen molar-refractivity contribution in [3.63, 3.8) is 0 Å². The highest BCUT2D eigenvalue weighted by Gasteiger charge is 2.30. The van der Waals surface area contributed by atoms with Crippen molar-refractivity contribution in [2.45, 2.75) is 59.8 Å². The molecule has 7 nitrogen and oxygen atoms in total. The molecular formula is C23H31N5O2. The minimum Gasteiger partial charge on any atom is -0.372 e. The van der Waals surface area contributed by atoms with Gasteiger partial charge < -0.3 is 19.9 Å². The lowest BCUT2D eigenvalue weighted by Gasteiger charge is -2.38. The van der Waals surface area contributed by atoms with Crippen LogP contribution < -0.4 is 10.2 Å². The maximum absolute atomic E-state index is 13.0. The van der Waals surface area contributed by atoms with Gasteiger partial charge in [-0.1, -0.05) is 17.7 Å².